The minimum Gasteiger partial charge on any atom is -0.362 e. The first-order chi connectivity index (χ1) is 14.6. The molecule has 166 valence electrons. The minimum absolute atomic E-state index is 0.0902. The summed E-state index contributed by atoms with van der Waals surface area (Å²) in [7, 11) is 0. The molecule has 1 amide bonds. The van der Waals surface area contributed by atoms with Crippen molar-refractivity contribution in [1.82, 2.24) is 4.90 Å². The Morgan fingerprint density at radius 2 is 1.74 bits per heavy atom. The van der Waals surface area contributed by atoms with Gasteiger partial charge in [-0.1, -0.05) is 29.3 Å². The zero-order valence-corrected chi connectivity index (χ0v) is 17.7. The molecule has 0 radical (unpaired) electrons. The van der Waals surface area contributed by atoms with E-state index in [0.29, 0.717) is 35.6 Å². The van der Waals surface area contributed by atoms with E-state index in [1.807, 2.05) is 0 Å². The fraction of sp³-hybridized carbons (Fsp3) is 0.350. The topological polar surface area (TPSA) is 66.7 Å². The molecule has 0 saturated carbocycles. The average molecular weight is 476 g/mol. The van der Waals surface area contributed by atoms with E-state index in [1.54, 1.807) is 28.0 Å². The number of rotatable bonds is 5. The highest BCUT2D eigenvalue weighted by Crippen LogP contribution is 2.36. The number of nitro benzene ring substituents is 1. The normalized spacial score (nSPS) is 14.6. The van der Waals surface area contributed by atoms with Gasteiger partial charge < -0.3 is 9.80 Å². The first-order valence-electron chi connectivity index (χ1n) is 9.38. The SMILES string of the molecule is O=C(CCc1ccc(Cl)cc1Cl)N1CCN(c2ccc(C(F)(F)F)cc2[N+](=O)[O-])CC1. The van der Waals surface area contributed by atoms with Gasteiger partial charge in [-0.05, 0) is 36.2 Å². The van der Waals surface area contributed by atoms with Crippen LogP contribution in [0.2, 0.25) is 10.0 Å². The number of anilines is 1. The van der Waals surface area contributed by atoms with Crippen LogP contribution in [-0.2, 0) is 17.4 Å². The van der Waals surface area contributed by atoms with Gasteiger partial charge in [0.15, 0.2) is 0 Å². The Labute approximate surface area is 186 Å². The lowest BCUT2D eigenvalue weighted by atomic mass is 10.1. The van der Waals surface area contributed by atoms with E-state index >= 15 is 0 Å². The van der Waals surface area contributed by atoms with Crippen LogP contribution in [0.4, 0.5) is 24.5 Å². The van der Waals surface area contributed by atoms with E-state index in [2.05, 4.69) is 0 Å². The third-order valence-electron chi connectivity index (χ3n) is 5.10. The van der Waals surface area contributed by atoms with E-state index in [1.165, 1.54) is 0 Å². The highest BCUT2D eigenvalue weighted by atomic mass is 35.5. The van der Waals surface area contributed by atoms with Gasteiger partial charge in [-0.3, -0.25) is 14.9 Å². The number of amides is 1. The molecule has 0 unspecified atom stereocenters. The quantitative estimate of drug-likeness (QED) is 0.440. The van der Waals surface area contributed by atoms with Crippen LogP contribution in [0.25, 0.3) is 0 Å². The summed E-state index contributed by atoms with van der Waals surface area (Å²) in [5.74, 6) is -0.0902. The number of halogens is 5. The molecule has 3 rings (SSSR count). The average Bonchev–Trinajstić information content (AvgIpc) is 2.72. The van der Waals surface area contributed by atoms with Gasteiger partial charge in [0.05, 0.1) is 10.5 Å². The van der Waals surface area contributed by atoms with E-state index in [-0.39, 0.29) is 31.1 Å². The number of nitrogens with zero attached hydrogens (tertiary/aromatic N) is 3. The van der Waals surface area contributed by atoms with Gasteiger partial charge >= 0.3 is 6.18 Å². The van der Waals surface area contributed by atoms with Crippen molar-refractivity contribution in [3.8, 4) is 0 Å². The van der Waals surface area contributed by atoms with Crippen LogP contribution in [0.3, 0.4) is 0 Å². The summed E-state index contributed by atoms with van der Waals surface area (Å²) >= 11 is 12.0. The molecule has 1 saturated heterocycles. The molecule has 0 atom stereocenters. The van der Waals surface area contributed by atoms with Gasteiger partial charge in [-0.25, -0.2) is 0 Å². The third-order valence-corrected chi connectivity index (χ3v) is 5.68. The number of benzene rings is 2. The molecule has 2 aromatic carbocycles. The molecule has 1 aliphatic rings. The van der Waals surface area contributed by atoms with Crippen LogP contribution >= 0.6 is 23.2 Å². The Morgan fingerprint density at radius 3 is 2.32 bits per heavy atom. The van der Waals surface area contributed by atoms with Crippen molar-refractivity contribution in [3.05, 3.63) is 67.7 Å². The summed E-state index contributed by atoms with van der Waals surface area (Å²) in [5.41, 5.74) is -0.763. The Bertz CT molecular complexity index is 993. The number of carbonyl (C=O) groups excluding carboxylic acids is 1. The van der Waals surface area contributed by atoms with Crippen LogP contribution < -0.4 is 4.90 Å². The van der Waals surface area contributed by atoms with Gasteiger partial charge in [-0.2, -0.15) is 13.2 Å². The van der Waals surface area contributed by atoms with Crippen LogP contribution in [0.1, 0.15) is 17.5 Å². The van der Waals surface area contributed by atoms with Crippen LogP contribution in [0, 0.1) is 10.1 Å². The zero-order valence-electron chi connectivity index (χ0n) is 16.2. The second-order valence-corrected chi connectivity index (χ2v) is 7.91. The molecule has 0 bridgehead atoms. The second-order valence-electron chi connectivity index (χ2n) is 7.06. The predicted molar refractivity (Wildman–Crippen MR) is 112 cm³/mol. The molecule has 0 N–H and O–H groups in total. The molecule has 1 fully saturated rings. The van der Waals surface area contributed by atoms with E-state index in [9.17, 15) is 28.1 Å². The first-order valence-corrected chi connectivity index (χ1v) is 10.1. The number of carbonyl (C=O) groups is 1. The summed E-state index contributed by atoms with van der Waals surface area (Å²) in [4.78, 5) is 26.3. The first kappa shape index (κ1) is 23.1. The molecule has 0 aromatic heterocycles. The second kappa shape index (κ2) is 9.32. The van der Waals surface area contributed by atoms with Crippen molar-refractivity contribution in [2.75, 3.05) is 31.1 Å². The van der Waals surface area contributed by atoms with E-state index in [4.69, 9.17) is 23.2 Å². The standard InChI is InChI=1S/C20H18Cl2F3N3O3/c21-15-4-1-13(16(22)12-15)2-6-19(29)27-9-7-26(8-10-27)17-5-3-14(20(23,24)25)11-18(17)28(30)31/h1,3-5,11-12H,2,6-10H2. The number of hydrogen-bond acceptors (Lipinski definition) is 4. The highest BCUT2D eigenvalue weighted by molar-refractivity contribution is 6.35. The minimum atomic E-state index is -4.67. The molecule has 2 aromatic rings. The van der Waals surface area contributed by atoms with Crippen molar-refractivity contribution >= 4 is 40.5 Å². The Kier molecular flexibility index (Phi) is 6.96. The fourth-order valence-corrected chi connectivity index (χ4v) is 3.94. The summed E-state index contributed by atoms with van der Waals surface area (Å²) in [5, 5.41) is 12.3. The van der Waals surface area contributed by atoms with Gasteiger partial charge in [0.1, 0.15) is 5.69 Å². The zero-order chi connectivity index (χ0) is 22.8. The van der Waals surface area contributed by atoms with Gasteiger partial charge in [0, 0.05) is 48.7 Å². The molecule has 0 aliphatic carbocycles. The van der Waals surface area contributed by atoms with Crippen molar-refractivity contribution in [3.63, 3.8) is 0 Å². The largest absolute Gasteiger partial charge is 0.416 e. The summed E-state index contributed by atoms with van der Waals surface area (Å²) < 4.78 is 38.7. The molecule has 0 spiro atoms. The molecule has 1 heterocycles. The molecule has 11 heteroatoms. The number of nitro groups is 1. The number of hydrogen-bond donors (Lipinski definition) is 0. The Hall–Kier alpha value is -2.52. The summed E-state index contributed by atoms with van der Waals surface area (Å²) in [6, 6.07) is 7.56. The molecular formula is C20H18Cl2F3N3O3. The number of alkyl halides is 3. The molecule has 6 nitrogen and oxygen atoms in total. The van der Waals surface area contributed by atoms with Crippen molar-refractivity contribution in [2.45, 2.75) is 19.0 Å². The predicted octanol–water partition coefficient (Wildman–Crippen LogP) is 5.20. The monoisotopic (exact) mass is 475 g/mol. The highest BCUT2D eigenvalue weighted by Gasteiger charge is 2.34. The lowest BCUT2D eigenvalue weighted by molar-refractivity contribution is -0.384. The third kappa shape index (κ3) is 5.59. The van der Waals surface area contributed by atoms with Crippen molar-refractivity contribution in [2.24, 2.45) is 0 Å². The summed E-state index contributed by atoms with van der Waals surface area (Å²) in [6.45, 7) is 1.18. The van der Waals surface area contributed by atoms with Crippen LogP contribution in [0.5, 0.6) is 0 Å². The van der Waals surface area contributed by atoms with Crippen molar-refractivity contribution in [1.29, 1.82) is 0 Å². The van der Waals surface area contributed by atoms with Crippen molar-refractivity contribution < 1.29 is 22.9 Å². The lowest BCUT2D eigenvalue weighted by Crippen LogP contribution is -2.49. The molecule has 31 heavy (non-hydrogen) atoms. The summed E-state index contributed by atoms with van der Waals surface area (Å²) in [6.07, 6.45) is -3.98. The van der Waals surface area contributed by atoms with Gasteiger partial charge in [-0.15, -0.1) is 0 Å². The maximum atomic E-state index is 12.9. The van der Waals surface area contributed by atoms with Gasteiger partial charge in [0.2, 0.25) is 5.91 Å². The van der Waals surface area contributed by atoms with Crippen LogP contribution in [-0.4, -0.2) is 41.9 Å². The van der Waals surface area contributed by atoms with Gasteiger partial charge in [0.25, 0.3) is 5.69 Å². The number of piperazine rings is 1. The smallest absolute Gasteiger partial charge is 0.362 e. The fourth-order valence-electron chi connectivity index (χ4n) is 3.43. The number of aryl methyl sites for hydroxylation is 1. The van der Waals surface area contributed by atoms with E-state index < -0.39 is 22.4 Å². The Morgan fingerprint density at radius 1 is 1.06 bits per heavy atom. The molecular weight excluding hydrogens is 458 g/mol. The maximum Gasteiger partial charge on any atom is 0.416 e. The lowest BCUT2D eigenvalue weighted by Gasteiger charge is -2.36. The Balaban J connectivity index is 1.62. The van der Waals surface area contributed by atoms with E-state index in [0.717, 1.165) is 17.7 Å². The maximum absolute atomic E-state index is 12.9. The molecule has 1 aliphatic heterocycles. The van der Waals surface area contributed by atoms with Crippen LogP contribution in [0.15, 0.2) is 36.4 Å².